The number of nitrogens with one attached hydrogen (secondary N) is 4. The number of fused-ring (bicyclic) bond motifs is 2. The Kier molecular flexibility index (Phi) is 8.36. The van der Waals surface area contributed by atoms with Gasteiger partial charge in [0.1, 0.15) is 18.1 Å². The van der Waals surface area contributed by atoms with Crippen molar-refractivity contribution in [3.05, 3.63) is 41.2 Å². The number of carbonyl (C=O) groups excluding carboxylic acids is 3. The number of nitrogens with zero attached hydrogens (tertiary/aromatic N) is 3. The maximum Gasteiger partial charge on any atom is 0.243 e. The van der Waals surface area contributed by atoms with Crippen LogP contribution in [0, 0.1) is 0 Å². The summed E-state index contributed by atoms with van der Waals surface area (Å²) in [5.74, 6) is -1.19. The van der Waals surface area contributed by atoms with Crippen molar-refractivity contribution in [2.75, 3.05) is 17.2 Å². The number of aromatic nitrogens is 3. The summed E-state index contributed by atoms with van der Waals surface area (Å²) in [6.45, 7) is 2.11. The van der Waals surface area contributed by atoms with Gasteiger partial charge in [0.05, 0.1) is 0 Å². The molecular weight excluding hydrogens is 448 g/mol. The van der Waals surface area contributed by atoms with Crippen molar-refractivity contribution in [3.63, 3.8) is 0 Å². The molecule has 0 aliphatic carbocycles. The molecule has 2 heterocycles. The molecule has 11 nitrogen and oxygen atoms in total. The third-order valence-corrected chi connectivity index (χ3v) is 5.29. The number of nitrogens with two attached hydrogens (primary N) is 1. The lowest BCUT2D eigenvalue weighted by molar-refractivity contribution is -0.131. The predicted octanol–water partition coefficient (Wildman–Crippen LogP) is 0.619. The molecule has 176 valence electrons. The van der Waals surface area contributed by atoms with E-state index in [2.05, 4.69) is 36.2 Å². The fourth-order valence-electron chi connectivity index (χ4n) is 3.34. The van der Waals surface area contributed by atoms with Crippen LogP contribution in [0.1, 0.15) is 31.7 Å². The first-order chi connectivity index (χ1) is 15.8. The first-order valence-electron chi connectivity index (χ1n) is 10.7. The van der Waals surface area contributed by atoms with E-state index in [1.807, 2.05) is 30.3 Å². The van der Waals surface area contributed by atoms with Crippen molar-refractivity contribution in [1.29, 1.82) is 0 Å². The highest BCUT2D eigenvalue weighted by Gasteiger charge is 2.27. The lowest BCUT2D eigenvalue weighted by Crippen LogP contribution is -2.55. The van der Waals surface area contributed by atoms with Gasteiger partial charge in [0, 0.05) is 13.0 Å². The topological polar surface area (TPSA) is 164 Å². The van der Waals surface area contributed by atoms with E-state index in [0.29, 0.717) is 25.8 Å². The molecule has 1 aliphatic rings. The molecule has 0 saturated heterocycles. The number of halogens is 1. The summed E-state index contributed by atoms with van der Waals surface area (Å²) in [5.41, 5.74) is 6.36. The van der Waals surface area contributed by atoms with E-state index in [0.717, 1.165) is 5.56 Å². The number of rotatable bonds is 3. The van der Waals surface area contributed by atoms with Gasteiger partial charge in [-0.3, -0.25) is 14.4 Å². The standard InChI is InChI=1S/C21H27ClN8O3/c1-12-17(32)27-15(11-13-7-3-2-4-8-13)18(33)26-14(16(23)31)9-5-6-10-24-20-28-19(22)29-21(25-12)30-20/h2-4,7-8,12,14-15H,5-6,9-11H2,1H3,(H2,23,31)(H,26,33)(H,27,32)(H2,24,25,28,29,30)/t12-,14+,15-/m0/s1. The number of amides is 3. The summed E-state index contributed by atoms with van der Waals surface area (Å²) < 4.78 is 0. The molecule has 3 atom stereocenters. The fourth-order valence-corrected chi connectivity index (χ4v) is 3.50. The number of carbonyl (C=O) groups is 3. The molecule has 3 amide bonds. The van der Waals surface area contributed by atoms with Gasteiger partial charge in [0.15, 0.2) is 0 Å². The predicted molar refractivity (Wildman–Crippen MR) is 123 cm³/mol. The number of anilines is 2. The Labute approximate surface area is 196 Å². The van der Waals surface area contributed by atoms with Crippen LogP contribution < -0.4 is 27.0 Å². The monoisotopic (exact) mass is 474 g/mol. The Morgan fingerprint density at radius 2 is 1.76 bits per heavy atom. The second-order valence-electron chi connectivity index (χ2n) is 7.75. The fraction of sp³-hybridized carbons (Fsp3) is 0.429. The van der Waals surface area contributed by atoms with Gasteiger partial charge in [-0.05, 0) is 43.4 Å². The Morgan fingerprint density at radius 3 is 2.48 bits per heavy atom. The zero-order valence-electron chi connectivity index (χ0n) is 18.2. The van der Waals surface area contributed by atoms with Gasteiger partial charge in [0.25, 0.3) is 0 Å². The van der Waals surface area contributed by atoms with Crippen LogP contribution in [0.3, 0.4) is 0 Å². The number of benzene rings is 1. The van der Waals surface area contributed by atoms with Crippen molar-refractivity contribution < 1.29 is 14.4 Å². The molecule has 0 spiro atoms. The van der Waals surface area contributed by atoms with E-state index in [-0.39, 0.29) is 23.6 Å². The number of primary amides is 1. The van der Waals surface area contributed by atoms with Crippen LogP contribution in [-0.2, 0) is 20.8 Å². The lowest BCUT2D eigenvalue weighted by atomic mass is 10.0. The maximum absolute atomic E-state index is 13.0. The summed E-state index contributed by atoms with van der Waals surface area (Å²) in [7, 11) is 0. The third kappa shape index (κ3) is 7.28. The van der Waals surface area contributed by atoms with E-state index >= 15 is 0 Å². The summed E-state index contributed by atoms with van der Waals surface area (Å²) in [6, 6.07) is 6.70. The lowest BCUT2D eigenvalue weighted by Gasteiger charge is -2.24. The summed E-state index contributed by atoms with van der Waals surface area (Å²) in [6.07, 6.45) is 1.88. The second-order valence-corrected chi connectivity index (χ2v) is 8.09. The normalized spacial score (nSPS) is 22.3. The summed E-state index contributed by atoms with van der Waals surface area (Å²) in [4.78, 5) is 50.1. The molecule has 0 fully saturated rings. The number of hydrogen-bond acceptors (Lipinski definition) is 8. The molecule has 12 heteroatoms. The highest BCUT2D eigenvalue weighted by Crippen LogP contribution is 2.12. The van der Waals surface area contributed by atoms with Crippen LogP contribution in [0.15, 0.2) is 30.3 Å². The van der Waals surface area contributed by atoms with E-state index in [1.54, 1.807) is 6.92 Å². The largest absolute Gasteiger partial charge is 0.368 e. The van der Waals surface area contributed by atoms with Gasteiger partial charge in [-0.2, -0.15) is 15.0 Å². The molecule has 0 unspecified atom stereocenters. The molecule has 2 bridgehead atoms. The smallest absolute Gasteiger partial charge is 0.243 e. The molecule has 6 N–H and O–H groups in total. The quantitative estimate of drug-likeness (QED) is 0.432. The van der Waals surface area contributed by atoms with Crippen molar-refractivity contribution >= 4 is 41.2 Å². The highest BCUT2D eigenvalue weighted by atomic mass is 35.5. The summed E-state index contributed by atoms with van der Waals surface area (Å²) >= 11 is 5.99. The van der Waals surface area contributed by atoms with Gasteiger partial charge >= 0.3 is 0 Å². The highest BCUT2D eigenvalue weighted by molar-refractivity contribution is 6.28. The molecule has 0 saturated carbocycles. The molecule has 1 aromatic carbocycles. The van der Waals surface area contributed by atoms with Crippen molar-refractivity contribution in [2.45, 2.75) is 50.7 Å². The first-order valence-corrected chi connectivity index (χ1v) is 11.1. The Hall–Kier alpha value is -3.47. The summed E-state index contributed by atoms with van der Waals surface area (Å²) in [5, 5.41) is 11.3. The Bertz CT molecular complexity index is 991. The van der Waals surface area contributed by atoms with Gasteiger partial charge < -0.3 is 27.0 Å². The van der Waals surface area contributed by atoms with E-state index in [9.17, 15) is 14.4 Å². The molecule has 0 radical (unpaired) electrons. The third-order valence-electron chi connectivity index (χ3n) is 5.13. The minimum absolute atomic E-state index is 0.0288. The molecule has 2 aromatic rings. The SMILES string of the molecule is C[C@@H]1Nc2nc(Cl)nc(n2)NCCCC[C@H](C(N)=O)NC(=O)[C@H](Cc2ccccc2)NC1=O. The van der Waals surface area contributed by atoms with E-state index in [1.165, 1.54) is 0 Å². The van der Waals surface area contributed by atoms with Crippen molar-refractivity contribution in [1.82, 2.24) is 25.6 Å². The zero-order valence-corrected chi connectivity index (χ0v) is 18.9. The van der Waals surface area contributed by atoms with E-state index in [4.69, 9.17) is 17.3 Å². The molecule has 33 heavy (non-hydrogen) atoms. The molecule has 1 aromatic heterocycles. The van der Waals surface area contributed by atoms with Crippen molar-refractivity contribution in [2.24, 2.45) is 5.73 Å². The first kappa shape index (κ1) is 24.2. The maximum atomic E-state index is 13.0. The van der Waals surface area contributed by atoms with Gasteiger partial charge in [-0.25, -0.2) is 0 Å². The van der Waals surface area contributed by atoms with Crippen LogP contribution in [0.5, 0.6) is 0 Å². The Balaban J connectivity index is 1.86. The van der Waals surface area contributed by atoms with Crippen molar-refractivity contribution in [3.8, 4) is 0 Å². The second kappa shape index (κ2) is 11.4. The molecule has 1 aliphatic heterocycles. The van der Waals surface area contributed by atoms with Crippen LogP contribution in [0.4, 0.5) is 11.9 Å². The molecule has 3 rings (SSSR count). The van der Waals surface area contributed by atoms with E-state index < -0.39 is 35.8 Å². The number of hydrogen-bond donors (Lipinski definition) is 5. The van der Waals surface area contributed by atoms with Crippen LogP contribution in [-0.4, -0.2) is 57.3 Å². The average Bonchev–Trinajstić information content (AvgIpc) is 2.77. The molecular formula is C21H27ClN8O3. The van der Waals surface area contributed by atoms with Crippen LogP contribution >= 0.6 is 11.6 Å². The minimum Gasteiger partial charge on any atom is -0.368 e. The van der Waals surface area contributed by atoms with Gasteiger partial charge in [-0.1, -0.05) is 30.3 Å². The van der Waals surface area contributed by atoms with Gasteiger partial charge in [0.2, 0.25) is 34.9 Å². The van der Waals surface area contributed by atoms with Crippen LogP contribution in [0.25, 0.3) is 0 Å². The Morgan fingerprint density at radius 1 is 1.03 bits per heavy atom. The minimum atomic E-state index is -0.918. The van der Waals surface area contributed by atoms with Crippen LogP contribution in [0.2, 0.25) is 5.28 Å². The average molecular weight is 475 g/mol. The zero-order chi connectivity index (χ0) is 23.8. The van der Waals surface area contributed by atoms with Gasteiger partial charge in [-0.15, -0.1) is 0 Å².